The van der Waals surface area contributed by atoms with Crippen molar-refractivity contribution in [2.24, 2.45) is 5.92 Å². The topological polar surface area (TPSA) is 49.3 Å². The van der Waals surface area contributed by atoms with Crippen LogP contribution in [0.4, 0.5) is 5.69 Å². The van der Waals surface area contributed by atoms with E-state index in [9.17, 15) is 9.90 Å². The van der Waals surface area contributed by atoms with Crippen molar-refractivity contribution in [2.45, 2.75) is 46.1 Å². The summed E-state index contributed by atoms with van der Waals surface area (Å²) in [5, 5.41) is 12.6. The van der Waals surface area contributed by atoms with Crippen LogP contribution in [0.2, 0.25) is 0 Å². The minimum absolute atomic E-state index is 0.0836. The van der Waals surface area contributed by atoms with Crippen LogP contribution in [0.3, 0.4) is 0 Å². The quantitative estimate of drug-likeness (QED) is 0.861. The van der Waals surface area contributed by atoms with Gasteiger partial charge in [-0.05, 0) is 35.6 Å². The number of carbonyl (C=O) groups is 1. The van der Waals surface area contributed by atoms with E-state index in [1.54, 1.807) is 0 Å². The molecule has 0 heterocycles. The molecule has 1 amide bonds. The average Bonchev–Trinajstić information content (AvgIpc) is 2.30. The van der Waals surface area contributed by atoms with Gasteiger partial charge in [0.15, 0.2) is 0 Å². The molecule has 1 aromatic rings. The second-order valence-corrected chi connectivity index (χ2v) is 6.37. The number of halogens is 1. The molecule has 2 N–H and O–H groups in total. The Morgan fingerprint density at radius 2 is 1.95 bits per heavy atom. The van der Waals surface area contributed by atoms with E-state index in [1.165, 1.54) is 0 Å². The minimum Gasteiger partial charge on any atom is -0.392 e. The lowest BCUT2D eigenvalue weighted by Gasteiger charge is -2.17. The van der Waals surface area contributed by atoms with E-state index >= 15 is 0 Å². The molecule has 0 aliphatic rings. The monoisotopic (exact) mass is 327 g/mol. The lowest BCUT2D eigenvalue weighted by atomic mass is 10.0. The van der Waals surface area contributed by atoms with Gasteiger partial charge in [-0.15, -0.1) is 0 Å². The van der Waals surface area contributed by atoms with Crippen LogP contribution in [-0.2, 0) is 4.79 Å². The van der Waals surface area contributed by atoms with Crippen molar-refractivity contribution in [1.29, 1.82) is 0 Å². The summed E-state index contributed by atoms with van der Waals surface area (Å²) >= 11 is 3.44. The van der Waals surface area contributed by atoms with Crippen molar-refractivity contribution in [3.05, 3.63) is 28.2 Å². The van der Waals surface area contributed by atoms with Crippen molar-refractivity contribution >= 4 is 27.5 Å². The maximum absolute atomic E-state index is 11.9. The summed E-state index contributed by atoms with van der Waals surface area (Å²) in [5.41, 5.74) is 1.90. The normalized spacial score (nSPS) is 12.8. The van der Waals surface area contributed by atoms with Crippen molar-refractivity contribution in [2.75, 3.05) is 5.32 Å². The van der Waals surface area contributed by atoms with E-state index in [1.807, 2.05) is 32.0 Å². The van der Waals surface area contributed by atoms with Crippen molar-refractivity contribution < 1.29 is 9.90 Å². The lowest BCUT2D eigenvalue weighted by molar-refractivity contribution is -0.118. The Morgan fingerprint density at radius 3 is 2.47 bits per heavy atom. The molecule has 0 aliphatic carbocycles. The molecule has 1 atom stereocenters. The zero-order valence-corrected chi connectivity index (χ0v) is 13.5. The predicted molar refractivity (Wildman–Crippen MR) is 82.3 cm³/mol. The van der Waals surface area contributed by atoms with Crippen LogP contribution in [0.25, 0.3) is 0 Å². The molecular weight excluding hydrogens is 306 g/mol. The molecule has 0 bridgehead atoms. The van der Waals surface area contributed by atoms with Crippen LogP contribution >= 0.6 is 15.9 Å². The van der Waals surface area contributed by atoms with Gasteiger partial charge in [-0.25, -0.2) is 0 Å². The van der Waals surface area contributed by atoms with E-state index in [2.05, 4.69) is 35.1 Å². The third kappa shape index (κ3) is 4.96. The number of carbonyl (C=O) groups excluding carboxylic acids is 1. The maximum Gasteiger partial charge on any atom is 0.226 e. The number of benzene rings is 1. The summed E-state index contributed by atoms with van der Waals surface area (Å²) in [4.78, 5) is 11.9. The highest BCUT2D eigenvalue weighted by atomic mass is 79.9. The number of hydrogen-bond donors (Lipinski definition) is 2. The molecule has 0 spiro atoms. The number of amides is 1. The Bertz CT molecular complexity index is 444. The summed E-state index contributed by atoms with van der Waals surface area (Å²) < 4.78 is 0.997. The first-order valence-corrected chi connectivity index (χ1v) is 7.38. The van der Waals surface area contributed by atoms with Crippen molar-refractivity contribution in [1.82, 2.24) is 0 Å². The van der Waals surface area contributed by atoms with Gasteiger partial charge in [0.25, 0.3) is 0 Å². The smallest absolute Gasteiger partial charge is 0.226 e. The molecular formula is C15H22BrNO2. The number of aliphatic hydroxyl groups is 1. The fraction of sp³-hybridized carbons (Fsp3) is 0.533. The second kappa shape index (κ2) is 7.06. The molecule has 0 saturated heterocycles. The molecule has 19 heavy (non-hydrogen) atoms. The maximum atomic E-state index is 11.9. The summed E-state index contributed by atoms with van der Waals surface area (Å²) in [5.74, 6) is 0.258. The number of rotatable bonds is 5. The molecule has 0 fully saturated rings. The van der Waals surface area contributed by atoms with Crippen LogP contribution in [0, 0.1) is 5.92 Å². The van der Waals surface area contributed by atoms with Crippen LogP contribution in [0.1, 0.15) is 45.6 Å². The lowest BCUT2D eigenvalue weighted by Crippen LogP contribution is -2.24. The predicted octanol–water partition coefficient (Wildman–Crippen LogP) is 3.92. The zero-order valence-electron chi connectivity index (χ0n) is 11.9. The van der Waals surface area contributed by atoms with Gasteiger partial charge < -0.3 is 10.4 Å². The van der Waals surface area contributed by atoms with Crippen LogP contribution in [0.5, 0.6) is 0 Å². The molecule has 1 rings (SSSR count). The van der Waals surface area contributed by atoms with E-state index in [-0.39, 0.29) is 18.2 Å². The second-order valence-electron chi connectivity index (χ2n) is 5.45. The SMILES string of the molecule is CC(C)c1cc(Br)ccc1NC(=O)CC(O)C(C)C. The Kier molecular flexibility index (Phi) is 6.01. The highest BCUT2D eigenvalue weighted by Gasteiger charge is 2.16. The Hall–Kier alpha value is -0.870. The van der Waals surface area contributed by atoms with Gasteiger partial charge >= 0.3 is 0 Å². The number of anilines is 1. The first-order chi connectivity index (χ1) is 8.81. The molecule has 1 unspecified atom stereocenters. The molecule has 0 radical (unpaired) electrons. The Labute approximate surface area is 123 Å². The molecule has 0 aliphatic heterocycles. The fourth-order valence-electron chi connectivity index (χ4n) is 1.75. The molecule has 106 valence electrons. The molecule has 3 nitrogen and oxygen atoms in total. The van der Waals surface area contributed by atoms with Gasteiger partial charge in [0.2, 0.25) is 5.91 Å². The molecule has 0 saturated carbocycles. The third-order valence-corrected chi connectivity index (χ3v) is 3.57. The van der Waals surface area contributed by atoms with Crippen LogP contribution in [0.15, 0.2) is 22.7 Å². The number of hydrogen-bond acceptors (Lipinski definition) is 2. The van der Waals surface area contributed by atoms with E-state index in [0.717, 1.165) is 15.7 Å². The van der Waals surface area contributed by atoms with Crippen molar-refractivity contribution in [3.8, 4) is 0 Å². The van der Waals surface area contributed by atoms with Crippen molar-refractivity contribution in [3.63, 3.8) is 0 Å². The Morgan fingerprint density at radius 1 is 1.32 bits per heavy atom. The molecule has 4 heteroatoms. The minimum atomic E-state index is -0.599. The Balaban J connectivity index is 2.79. The van der Waals surface area contributed by atoms with Gasteiger partial charge in [-0.3, -0.25) is 4.79 Å². The first-order valence-electron chi connectivity index (χ1n) is 6.58. The van der Waals surface area contributed by atoms with Gasteiger partial charge in [0.1, 0.15) is 0 Å². The summed E-state index contributed by atoms with van der Waals surface area (Å²) in [6.45, 7) is 7.97. The highest BCUT2D eigenvalue weighted by Crippen LogP contribution is 2.27. The summed E-state index contributed by atoms with van der Waals surface area (Å²) in [6.07, 6.45) is -0.469. The molecule has 0 aromatic heterocycles. The fourth-order valence-corrected chi connectivity index (χ4v) is 2.13. The first kappa shape index (κ1) is 16.2. The van der Waals surface area contributed by atoms with Gasteiger partial charge in [-0.1, -0.05) is 43.6 Å². The average molecular weight is 328 g/mol. The summed E-state index contributed by atoms with van der Waals surface area (Å²) in [6, 6.07) is 5.80. The summed E-state index contributed by atoms with van der Waals surface area (Å²) in [7, 11) is 0. The molecule has 1 aromatic carbocycles. The number of nitrogens with one attached hydrogen (secondary N) is 1. The van der Waals surface area contributed by atoms with E-state index < -0.39 is 6.10 Å². The van der Waals surface area contributed by atoms with Gasteiger partial charge in [-0.2, -0.15) is 0 Å². The largest absolute Gasteiger partial charge is 0.392 e. The van der Waals surface area contributed by atoms with E-state index in [4.69, 9.17) is 0 Å². The van der Waals surface area contributed by atoms with Gasteiger partial charge in [0, 0.05) is 10.2 Å². The number of aliphatic hydroxyl groups excluding tert-OH is 1. The third-order valence-electron chi connectivity index (χ3n) is 3.07. The highest BCUT2D eigenvalue weighted by molar-refractivity contribution is 9.10. The van der Waals surface area contributed by atoms with E-state index in [0.29, 0.717) is 5.92 Å². The van der Waals surface area contributed by atoms with Crippen LogP contribution in [-0.4, -0.2) is 17.1 Å². The standard InChI is InChI=1S/C15H22BrNO2/c1-9(2)12-7-11(16)5-6-13(12)17-15(19)8-14(18)10(3)4/h5-7,9-10,14,18H,8H2,1-4H3,(H,17,19). The van der Waals surface area contributed by atoms with Gasteiger partial charge in [0.05, 0.1) is 12.5 Å². The zero-order chi connectivity index (χ0) is 14.6. The van der Waals surface area contributed by atoms with Crippen LogP contribution < -0.4 is 5.32 Å².